The highest BCUT2D eigenvalue weighted by molar-refractivity contribution is 5.52. The van der Waals surface area contributed by atoms with Gasteiger partial charge in [-0.05, 0) is 29.2 Å². The van der Waals surface area contributed by atoms with Gasteiger partial charge in [0.2, 0.25) is 0 Å². The Labute approximate surface area is 90.1 Å². The number of rotatable bonds is 3. The Morgan fingerprint density at radius 3 is 2.73 bits per heavy atom. The molecule has 1 aromatic carbocycles. The van der Waals surface area contributed by atoms with E-state index in [1.165, 1.54) is 16.7 Å². The molecule has 1 heterocycles. The maximum absolute atomic E-state index is 4.11. The van der Waals surface area contributed by atoms with Crippen LogP contribution in [0.1, 0.15) is 16.7 Å². The van der Waals surface area contributed by atoms with E-state index >= 15 is 0 Å². The summed E-state index contributed by atoms with van der Waals surface area (Å²) in [6.07, 6.45) is 6.50. The molecule has 0 N–H and O–H groups in total. The molecule has 1 nitrogen and oxygen atoms in total. The molecule has 74 valence electrons. The molecule has 0 radical (unpaired) electrons. The second kappa shape index (κ2) is 4.56. The summed E-state index contributed by atoms with van der Waals surface area (Å²) >= 11 is 0. The fraction of sp³-hybridized carbons (Fsp3) is 0.0714. The topological polar surface area (TPSA) is 12.9 Å². The molecule has 0 bridgehead atoms. The van der Waals surface area contributed by atoms with Crippen LogP contribution < -0.4 is 0 Å². The van der Waals surface area contributed by atoms with Crippen LogP contribution in [0.5, 0.6) is 0 Å². The fourth-order valence-corrected chi connectivity index (χ4v) is 1.62. The van der Waals surface area contributed by atoms with Crippen LogP contribution in [0.15, 0.2) is 55.4 Å². The van der Waals surface area contributed by atoms with Gasteiger partial charge in [0.15, 0.2) is 0 Å². The molecule has 0 spiro atoms. The summed E-state index contributed by atoms with van der Waals surface area (Å²) in [4.78, 5) is 4.11. The Bertz CT molecular complexity index is 446. The molecule has 0 aliphatic heterocycles. The van der Waals surface area contributed by atoms with Crippen LogP contribution in [0.25, 0.3) is 6.08 Å². The highest BCUT2D eigenvalue weighted by Crippen LogP contribution is 2.14. The molecule has 0 aliphatic carbocycles. The minimum absolute atomic E-state index is 0.913. The van der Waals surface area contributed by atoms with Gasteiger partial charge in [-0.2, -0.15) is 0 Å². The molecule has 0 aliphatic rings. The zero-order chi connectivity index (χ0) is 10.5. The van der Waals surface area contributed by atoms with E-state index < -0.39 is 0 Å². The largest absolute Gasteiger partial charge is 0.264 e. The van der Waals surface area contributed by atoms with Crippen molar-refractivity contribution in [1.29, 1.82) is 0 Å². The first kappa shape index (κ1) is 9.66. The SMILES string of the molecule is C=Cc1ccccc1Cc1cccnc1. The van der Waals surface area contributed by atoms with Gasteiger partial charge in [0, 0.05) is 12.4 Å². The fourth-order valence-electron chi connectivity index (χ4n) is 1.62. The lowest BCUT2D eigenvalue weighted by Gasteiger charge is -2.05. The lowest BCUT2D eigenvalue weighted by molar-refractivity contribution is 1.14. The molecule has 2 aromatic rings. The molecule has 1 aromatic heterocycles. The maximum atomic E-state index is 4.11. The maximum Gasteiger partial charge on any atom is 0.0303 e. The van der Waals surface area contributed by atoms with Gasteiger partial charge in [-0.25, -0.2) is 0 Å². The quantitative estimate of drug-likeness (QED) is 0.732. The molecule has 0 amide bonds. The van der Waals surface area contributed by atoms with Gasteiger partial charge in [0.25, 0.3) is 0 Å². The van der Waals surface area contributed by atoms with E-state index in [0.29, 0.717) is 0 Å². The van der Waals surface area contributed by atoms with E-state index in [2.05, 4.69) is 35.8 Å². The lowest BCUT2D eigenvalue weighted by atomic mass is 10.0. The minimum Gasteiger partial charge on any atom is -0.264 e. The summed E-state index contributed by atoms with van der Waals surface area (Å²) in [5.74, 6) is 0. The Morgan fingerprint density at radius 1 is 1.13 bits per heavy atom. The Morgan fingerprint density at radius 2 is 2.00 bits per heavy atom. The summed E-state index contributed by atoms with van der Waals surface area (Å²) in [7, 11) is 0. The van der Waals surface area contributed by atoms with Crippen molar-refractivity contribution in [2.24, 2.45) is 0 Å². The second-order valence-corrected chi connectivity index (χ2v) is 3.44. The zero-order valence-electron chi connectivity index (χ0n) is 8.56. The first-order valence-corrected chi connectivity index (χ1v) is 4.99. The van der Waals surface area contributed by atoms with Crippen molar-refractivity contribution in [2.45, 2.75) is 6.42 Å². The average molecular weight is 195 g/mol. The van der Waals surface area contributed by atoms with E-state index in [0.717, 1.165) is 6.42 Å². The van der Waals surface area contributed by atoms with Crippen molar-refractivity contribution >= 4 is 6.08 Å². The van der Waals surface area contributed by atoms with Crippen molar-refractivity contribution in [3.63, 3.8) is 0 Å². The lowest BCUT2D eigenvalue weighted by Crippen LogP contribution is -1.91. The van der Waals surface area contributed by atoms with E-state index in [1.54, 1.807) is 6.20 Å². The van der Waals surface area contributed by atoms with Gasteiger partial charge in [-0.15, -0.1) is 0 Å². The molecule has 0 saturated carbocycles. The molecular weight excluding hydrogens is 182 g/mol. The first-order chi connectivity index (χ1) is 7.40. The van der Waals surface area contributed by atoms with Gasteiger partial charge in [0.05, 0.1) is 0 Å². The number of hydrogen-bond acceptors (Lipinski definition) is 1. The third-order valence-electron chi connectivity index (χ3n) is 2.39. The van der Waals surface area contributed by atoms with Crippen LogP contribution in [-0.4, -0.2) is 4.98 Å². The Balaban J connectivity index is 2.28. The van der Waals surface area contributed by atoms with Crippen molar-refractivity contribution < 1.29 is 0 Å². The van der Waals surface area contributed by atoms with E-state index in [9.17, 15) is 0 Å². The van der Waals surface area contributed by atoms with E-state index in [-0.39, 0.29) is 0 Å². The smallest absolute Gasteiger partial charge is 0.0303 e. The minimum atomic E-state index is 0.913. The molecular formula is C14H13N. The summed E-state index contributed by atoms with van der Waals surface area (Å²) in [6, 6.07) is 12.4. The van der Waals surface area contributed by atoms with Gasteiger partial charge in [-0.3, -0.25) is 4.98 Å². The monoisotopic (exact) mass is 195 g/mol. The molecule has 15 heavy (non-hydrogen) atoms. The van der Waals surface area contributed by atoms with Crippen molar-refractivity contribution in [3.05, 3.63) is 72.1 Å². The summed E-state index contributed by atoms with van der Waals surface area (Å²) < 4.78 is 0. The second-order valence-electron chi connectivity index (χ2n) is 3.44. The summed E-state index contributed by atoms with van der Waals surface area (Å²) in [5.41, 5.74) is 3.72. The van der Waals surface area contributed by atoms with Crippen molar-refractivity contribution in [3.8, 4) is 0 Å². The zero-order valence-corrected chi connectivity index (χ0v) is 8.56. The Kier molecular flexibility index (Phi) is 2.93. The van der Waals surface area contributed by atoms with Gasteiger partial charge in [0.1, 0.15) is 0 Å². The van der Waals surface area contributed by atoms with E-state index in [1.807, 2.05) is 24.4 Å². The highest BCUT2D eigenvalue weighted by Gasteiger charge is 1.99. The van der Waals surface area contributed by atoms with Crippen molar-refractivity contribution in [2.75, 3.05) is 0 Å². The average Bonchev–Trinajstić information content (AvgIpc) is 2.31. The number of aromatic nitrogens is 1. The van der Waals surface area contributed by atoms with Crippen LogP contribution in [0.3, 0.4) is 0 Å². The van der Waals surface area contributed by atoms with Gasteiger partial charge in [-0.1, -0.05) is 43.0 Å². The molecule has 2 rings (SSSR count). The number of benzene rings is 1. The van der Waals surface area contributed by atoms with Crippen molar-refractivity contribution in [1.82, 2.24) is 4.98 Å². The van der Waals surface area contributed by atoms with Crippen LogP contribution >= 0.6 is 0 Å². The summed E-state index contributed by atoms with van der Waals surface area (Å²) in [6.45, 7) is 3.82. The Hall–Kier alpha value is -1.89. The molecule has 1 heteroatoms. The van der Waals surface area contributed by atoms with Crippen LogP contribution in [-0.2, 0) is 6.42 Å². The van der Waals surface area contributed by atoms with Gasteiger partial charge >= 0.3 is 0 Å². The van der Waals surface area contributed by atoms with E-state index in [4.69, 9.17) is 0 Å². The number of hydrogen-bond donors (Lipinski definition) is 0. The van der Waals surface area contributed by atoms with Crippen LogP contribution in [0, 0.1) is 0 Å². The number of nitrogens with zero attached hydrogens (tertiary/aromatic N) is 1. The third kappa shape index (κ3) is 2.32. The predicted molar refractivity (Wildman–Crippen MR) is 63.6 cm³/mol. The van der Waals surface area contributed by atoms with Crippen LogP contribution in [0.4, 0.5) is 0 Å². The first-order valence-electron chi connectivity index (χ1n) is 4.99. The number of pyridine rings is 1. The molecule has 0 fully saturated rings. The molecule has 0 atom stereocenters. The standard InChI is InChI=1S/C14H13N/c1-2-13-7-3-4-8-14(13)10-12-6-5-9-15-11-12/h2-9,11H,1,10H2. The van der Waals surface area contributed by atoms with Gasteiger partial charge < -0.3 is 0 Å². The summed E-state index contributed by atoms with van der Waals surface area (Å²) in [5, 5.41) is 0. The van der Waals surface area contributed by atoms with Crippen LogP contribution in [0.2, 0.25) is 0 Å². The predicted octanol–water partition coefficient (Wildman–Crippen LogP) is 3.32. The molecule has 0 saturated heterocycles. The normalized spacial score (nSPS) is 9.87. The molecule has 0 unspecified atom stereocenters. The third-order valence-corrected chi connectivity index (χ3v) is 2.39. The highest BCUT2D eigenvalue weighted by atomic mass is 14.6.